The zero-order chi connectivity index (χ0) is 19.5. The summed E-state index contributed by atoms with van der Waals surface area (Å²) < 4.78 is 13.2. The number of para-hydroxylation sites is 2. The van der Waals surface area contributed by atoms with Crippen molar-refractivity contribution in [1.29, 1.82) is 5.26 Å². The summed E-state index contributed by atoms with van der Waals surface area (Å²) in [6, 6.07) is 15.4. The number of thioether (sulfide) groups is 1. The van der Waals surface area contributed by atoms with Gasteiger partial charge in [0.05, 0.1) is 30.0 Å². The third-order valence-corrected chi connectivity index (χ3v) is 5.51. The van der Waals surface area contributed by atoms with Crippen LogP contribution in [-0.4, -0.2) is 33.6 Å². The Morgan fingerprint density at radius 3 is 2.79 bits per heavy atom. The molecule has 0 atom stereocenters. The van der Waals surface area contributed by atoms with Crippen molar-refractivity contribution in [1.82, 2.24) is 9.55 Å². The van der Waals surface area contributed by atoms with Crippen molar-refractivity contribution in [3.8, 4) is 17.6 Å². The van der Waals surface area contributed by atoms with E-state index in [2.05, 4.69) is 11.1 Å². The van der Waals surface area contributed by atoms with Gasteiger partial charge in [0, 0.05) is 18.4 Å². The molecule has 2 aromatic carbocycles. The minimum absolute atomic E-state index is 0.00184. The highest BCUT2D eigenvalue weighted by atomic mass is 32.2. The normalized spacial score (nSPS) is 14.3. The molecule has 1 aromatic heterocycles. The van der Waals surface area contributed by atoms with Crippen LogP contribution in [0, 0.1) is 11.3 Å². The SMILES string of the molecule is Cn1c(/C(C#N)=C(/O)CSc2ccc3c(c2)OCCCO3)nc2ccccc21. The third-order valence-electron chi connectivity index (χ3n) is 4.51. The Hall–Kier alpha value is -3.11. The molecule has 0 unspecified atom stereocenters. The number of nitriles is 1. The highest BCUT2D eigenvalue weighted by Gasteiger charge is 2.17. The van der Waals surface area contributed by atoms with Crippen LogP contribution in [0.1, 0.15) is 12.2 Å². The molecule has 4 rings (SSSR count). The molecule has 0 spiro atoms. The summed E-state index contributed by atoms with van der Waals surface area (Å²) in [5, 5.41) is 20.2. The number of aliphatic hydroxyl groups excluding tert-OH is 1. The van der Waals surface area contributed by atoms with Crippen LogP contribution >= 0.6 is 11.8 Å². The van der Waals surface area contributed by atoms with E-state index in [9.17, 15) is 10.4 Å². The van der Waals surface area contributed by atoms with Gasteiger partial charge in [-0.15, -0.1) is 11.8 Å². The van der Waals surface area contributed by atoms with Crippen LogP contribution in [0.3, 0.4) is 0 Å². The molecule has 28 heavy (non-hydrogen) atoms. The molecule has 0 aliphatic carbocycles. The van der Waals surface area contributed by atoms with Gasteiger partial charge in [-0.1, -0.05) is 12.1 Å². The number of hydrogen-bond acceptors (Lipinski definition) is 6. The van der Waals surface area contributed by atoms with Gasteiger partial charge in [0.15, 0.2) is 17.3 Å². The molecule has 6 nitrogen and oxygen atoms in total. The largest absolute Gasteiger partial charge is 0.510 e. The van der Waals surface area contributed by atoms with E-state index in [0.717, 1.165) is 28.1 Å². The molecule has 142 valence electrons. The van der Waals surface area contributed by atoms with Gasteiger partial charge in [-0.2, -0.15) is 5.26 Å². The molecule has 0 saturated carbocycles. The fourth-order valence-electron chi connectivity index (χ4n) is 3.07. The summed E-state index contributed by atoms with van der Waals surface area (Å²) in [4.78, 5) is 5.43. The van der Waals surface area contributed by atoms with Gasteiger partial charge in [0.25, 0.3) is 0 Å². The summed E-state index contributed by atoms with van der Waals surface area (Å²) in [5.74, 6) is 2.16. The van der Waals surface area contributed by atoms with Gasteiger partial charge in [0.2, 0.25) is 0 Å². The second-order valence-corrected chi connectivity index (χ2v) is 7.41. The molecule has 0 fully saturated rings. The van der Waals surface area contributed by atoms with Crippen LogP contribution < -0.4 is 9.47 Å². The number of rotatable bonds is 4. The zero-order valence-corrected chi connectivity index (χ0v) is 16.2. The van der Waals surface area contributed by atoms with Crippen LogP contribution in [0.15, 0.2) is 53.1 Å². The van der Waals surface area contributed by atoms with Crippen molar-refractivity contribution in [2.45, 2.75) is 11.3 Å². The van der Waals surface area contributed by atoms with E-state index in [1.807, 2.05) is 54.1 Å². The van der Waals surface area contributed by atoms with Gasteiger partial charge in [-0.25, -0.2) is 4.98 Å². The number of allylic oxidation sites excluding steroid dienone is 1. The number of hydrogen-bond donors (Lipinski definition) is 1. The lowest BCUT2D eigenvalue weighted by Crippen LogP contribution is -2.01. The number of benzene rings is 2. The maximum Gasteiger partial charge on any atom is 0.162 e. The van der Waals surface area contributed by atoms with Crippen LogP contribution in [0.2, 0.25) is 0 Å². The first-order chi connectivity index (χ1) is 13.7. The summed E-state index contributed by atoms with van der Waals surface area (Å²) in [6.45, 7) is 1.27. The lowest BCUT2D eigenvalue weighted by atomic mass is 10.2. The Balaban J connectivity index is 1.58. The minimum atomic E-state index is -0.00184. The maximum absolute atomic E-state index is 10.6. The van der Waals surface area contributed by atoms with E-state index in [-0.39, 0.29) is 17.1 Å². The number of fused-ring (bicyclic) bond motifs is 2. The number of aryl methyl sites for hydroxylation is 1. The molecule has 1 N–H and O–H groups in total. The van der Waals surface area contributed by atoms with E-state index in [1.165, 1.54) is 11.8 Å². The molecule has 0 radical (unpaired) electrons. The Morgan fingerprint density at radius 1 is 1.21 bits per heavy atom. The van der Waals surface area contributed by atoms with Crippen LogP contribution in [0.5, 0.6) is 11.5 Å². The highest BCUT2D eigenvalue weighted by molar-refractivity contribution is 7.99. The maximum atomic E-state index is 10.6. The molecule has 0 amide bonds. The van der Waals surface area contributed by atoms with Gasteiger partial charge in [-0.3, -0.25) is 0 Å². The smallest absolute Gasteiger partial charge is 0.162 e. The first-order valence-corrected chi connectivity index (χ1v) is 9.92. The number of aromatic nitrogens is 2. The van der Waals surface area contributed by atoms with Gasteiger partial charge >= 0.3 is 0 Å². The van der Waals surface area contributed by atoms with Gasteiger partial charge in [-0.05, 0) is 30.3 Å². The van der Waals surface area contributed by atoms with Crippen molar-refractivity contribution >= 4 is 28.4 Å². The van der Waals surface area contributed by atoms with Crippen LogP contribution in [0.25, 0.3) is 16.6 Å². The molecule has 7 heteroatoms. The Labute approximate surface area is 167 Å². The second kappa shape index (κ2) is 7.87. The average Bonchev–Trinajstić information content (AvgIpc) is 2.89. The fourth-order valence-corrected chi connectivity index (χ4v) is 3.87. The van der Waals surface area contributed by atoms with Crippen molar-refractivity contribution in [3.63, 3.8) is 0 Å². The minimum Gasteiger partial charge on any atom is -0.510 e. The first-order valence-electron chi connectivity index (χ1n) is 8.94. The zero-order valence-electron chi connectivity index (χ0n) is 15.4. The van der Waals surface area contributed by atoms with Gasteiger partial charge < -0.3 is 19.1 Å². The number of nitrogens with zero attached hydrogens (tertiary/aromatic N) is 3. The first kappa shape index (κ1) is 18.3. The number of imidazole rings is 1. The number of aliphatic hydroxyl groups is 1. The van der Waals surface area contributed by atoms with Crippen molar-refractivity contribution in [2.75, 3.05) is 19.0 Å². The summed E-state index contributed by atoms with van der Waals surface area (Å²) in [5.41, 5.74) is 1.88. The Kier molecular flexibility index (Phi) is 5.13. The van der Waals surface area contributed by atoms with Crippen LogP contribution in [-0.2, 0) is 7.05 Å². The quantitative estimate of drug-likeness (QED) is 0.404. The fraction of sp³-hybridized carbons (Fsp3) is 0.238. The standard InChI is InChI=1S/C21H19N3O3S/c1-24-17-6-3-2-5-16(17)23-21(24)15(12-22)18(25)13-28-14-7-8-19-20(11-14)27-10-4-9-26-19/h2-3,5-8,11,25H,4,9-10,13H2,1H3/b18-15+. The van der Waals surface area contributed by atoms with Gasteiger partial charge in [0.1, 0.15) is 17.4 Å². The predicted molar refractivity (Wildman–Crippen MR) is 109 cm³/mol. The van der Waals surface area contributed by atoms with E-state index in [0.29, 0.717) is 24.8 Å². The van der Waals surface area contributed by atoms with E-state index >= 15 is 0 Å². The second-order valence-electron chi connectivity index (χ2n) is 6.36. The third kappa shape index (κ3) is 3.51. The van der Waals surface area contributed by atoms with E-state index in [4.69, 9.17) is 9.47 Å². The molecular weight excluding hydrogens is 374 g/mol. The number of ether oxygens (including phenoxy) is 2. The molecule has 3 aromatic rings. The molecule has 0 bridgehead atoms. The molecule has 1 aliphatic rings. The lowest BCUT2D eigenvalue weighted by Gasteiger charge is -2.09. The van der Waals surface area contributed by atoms with Crippen molar-refractivity contribution < 1.29 is 14.6 Å². The predicted octanol–water partition coefficient (Wildman–Crippen LogP) is 4.32. The Morgan fingerprint density at radius 2 is 2.00 bits per heavy atom. The van der Waals surface area contributed by atoms with Crippen molar-refractivity contribution in [3.05, 3.63) is 54.0 Å². The summed E-state index contributed by atoms with van der Waals surface area (Å²) in [6.07, 6.45) is 0.851. The van der Waals surface area contributed by atoms with E-state index < -0.39 is 0 Å². The highest BCUT2D eigenvalue weighted by Crippen LogP contribution is 2.34. The van der Waals surface area contributed by atoms with E-state index in [1.54, 1.807) is 0 Å². The molecule has 0 saturated heterocycles. The topological polar surface area (TPSA) is 80.3 Å². The Bertz CT molecular complexity index is 1100. The van der Waals surface area contributed by atoms with Crippen molar-refractivity contribution in [2.24, 2.45) is 7.05 Å². The summed E-state index contributed by atoms with van der Waals surface area (Å²) >= 11 is 1.43. The molecule has 1 aliphatic heterocycles. The lowest BCUT2D eigenvalue weighted by molar-refractivity contribution is 0.297. The monoisotopic (exact) mass is 393 g/mol. The molecular formula is C21H19N3O3S. The van der Waals surface area contributed by atoms with Crippen LogP contribution in [0.4, 0.5) is 0 Å². The summed E-state index contributed by atoms with van der Waals surface area (Å²) in [7, 11) is 1.84. The molecule has 2 heterocycles. The average molecular weight is 393 g/mol.